The van der Waals surface area contributed by atoms with Crippen molar-refractivity contribution in [3.63, 3.8) is 0 Å². The van der Waals surface area contributed by atoms with Gasteiger partial charge in [-0.25, -0.2) is 0 Å². The minimum absolute atomic E-state index is 0.534. The molecule has 0 heterocycles. The average Bonchev–Trinajstić information content (AvgIpc) is 1.84. The predicted octanol–water partition coefficient (Wildman–Crippen LogP) is -0.184. The number of nitrogens with two attached hydrogens (primary N) is 1. The fraction of sp³-hybridized carbons (Fsp3) is 0.600. The Kier molecular flexibility index (Phi) is 2.82. The molecule has 0 bridgehead atoms. The van der Waals surface area contributed by atoms with Gasteiger partial charge in [-0.2, -0.15) is 5.26 Å². The van der Waals surface area contributed by atoms with E-state index in [0.717, 1.165) is 0 Å². The van der Waals surface area contributed by atoms with Crippen LogP contribution in [0.25, 0.3) is 0 Å². The Bertz CT molecular complexity index is 125. The van der Waals surface area contributed by atoms with Gasteiger partial charge in [0, 0.05) is 0 Å². The summed E-state index contributed by atoms with van der Waals surface area (Å²) in [5, 5.41) is 7.96. The van der Waals surface area contributed by atoms with Gasteiger partial charge in [0.25, 0.3) is 0 Å². The maximum atomic E-state index is 10.3. The highest BCUT2D eigenvalue weighted by Crippen LogP contribution is 1.84. The molecule has 3 heteroatoms. The molecule has 0 saturated heterocycles. The third kappa shape index (κ3) is 1.71. The van der Waals surface area contributed by atoms with Crippen molar-refractivity contribution >= 4 is 5.78 Å². The second-order valence-electron chi connectivity index (χ2n) is 1.49. The summed E-state index contributed by atoms with van der Waals surface area (Å²) in [5.41, 5.74) is 5.15. The zero-order chi connectivity index (χ0) is 6.57. The summed E-state index contributed by atoms with van der Waals surface area (Å²) in [6, 6.07) is 0.868. The average molecular weight is 112 g/mol. The highest BCUT2D eigenvalue weighted by atomic mass is 16.1. The highest BCUT2D eigenvalue weighted by Gasteiger charge is 2.07. The van der Waals surface area contributed by atoms with E-state index in [9.17, 15) is 4.79 Å². The van der Waals surface area contributed by atoms with E-state index in [1.165, 1.54) is 6.07 Å². The number of rotatable bonds is 2. The van der Waals surface area contributed by atoms with E-state index >= 15 is 0 Å². The molecule has 1 atom stereocenters. The summed E-state index contributed by atoms with van der Waals surface area (Å²) in [4.78, 5) is 10.3. The molecule has 0 aromatic rings. The number of hydrogen-bond donors (Lipinski definition) is 1. The fourth-order valence-corrected chi connectivity index (χ4v) is 0.268. The van der Waals surface area contributed by atoms with Gasteiger partial charge in [0.15, 0.2) is 0 Å². The van der Waals surface area contributed by atoms with Crippen LogP contribution < -0.4 is 5.73 Å². The van der Waals surface area contributed by atoms with Crippen molar-refractivity contribution < 1.29 is 4.79 Å². The molecular weight excluding hydrogens is 104 g/mol. The smallest absolute Gasteiger partial charge is 0.248 e. The number of carbonyl (C=O) groups is 1. The van der Waals surface area contributed by atoms with Gasteiger partial charge in [0.1, 0.15) is 6.07 Å². The SMILES string of the molecule is CCC(N)C(=O)C#N. The molecule has 0 aromatic carbocycles. The first-order valence-electron chi connectivity index (χ1n) is 2.42. The van der Waals surface area contributed by atoms with Gasteiger partial charge in [-0.05, 0) is 6.42 Å². The zero-order valence-electron chi connectivity index (χ0n) is 4.72. The van der Waals surface area contributed by atoms with Crippen LogP contribution in [-0.2, 0) is 4.79 Å². The van der Waals surface area contributed by atoms with Crippen LogP contribution in [0.2, 0.25) is 0 Å². The summed E-state index contributed by atoms with van der Waals surface area (Å²) >= 11 is 0. The standard InChI is InChI=1S/C5H8N2O/c1-2-4(7)5(8)3-6/h4H,2,7H2,1H3. The predicted molar refractivity (Wildman–Crippen MR) is 28.9 cm³/mol. The molecule has 0 fully saturated rings. The van der Waals surface area contributed by atoms with Gasteiger partial charge in [0.05, 0.1) is 6.04 Å². The third-order valence-electron chi connectivity index (χ3n) is 0.887. The molecule has 2 N–H and O–H groups in total. The van der Waals surface area contributed by atoms with Crippen LogP contribution in [0.1, 0.15) is 13.3 Å². The Morgan fingerprint density at radius 2 is 2.50 bits per heavy atom. The first-order chi connectivity index (χ1) is 3.72. The van der Waals surface area contributed by atoms with Crippen LogP contribution >= 0.6 is 0 Å². The van der Waals surface area contributed by atoms with E-state index in [0.29, 0.717) is 6.42 Å². The number of ketones is 1. The minimum Gasteiger partial charge on any atom is -0.321 e. The van der Waals surface area contributed by atoms with E-state index in [4.69, 9.17) is 11.0 Å². The lowest BCUT2D eigenvalue weighted by Gasteiger charge is -1.96. The van der Waals surface area contributed by atoms with E-state index in [-0.39, 0.29) is 0 Å². The molecule has 0 aliphatic carbocycles. The normalized spacial score (nSPS) is 12.1. The highest BCUT2D eigenvalue weighted by molar-refractivity contribution is 5.97. The molecule has 0 rings (SSSR count). The molecule has 0 spiro atoms. The Labute approximate surface area is 48.1 Å². The summed E-state index contributed by atoms with van der Waals surface area (Å²) in [6.07, 6.45) is 0.534. The van der Waals surface area contributed by atoms with Gasteiger partial charge in [-0.15, -0.1) is 0 Å². The molecule has 1 unspecified atom stereocenters. The van der Waals surface area contributed by atoms with Crippen LogP contribution in [0.3, 0.4) is 0 Å². The number of Topliss-reactive ketones (excluding diaryl/α,β-unsaturated/α-hetero) is 1. The van der Waals surface area contributed by atoms with Gasteiger partial charge in [0.2, 0.25) is 5.78 Å². The van der Waals surface area contributed by atoms with Crippen molar-refractivity contribution in [2.75, 3.05) is 0 Å². The van der Waals surface area contributed by atoms with Gasteiger partial charge < -0.3 is 5.73 Å². The lowest BCUT2D eigenvalue weighted by atomic mass is 10.2. The zero-order valence-corrected chi connectivity index (χ0v) is 4.72. The monoisotopic (exact) mass is 112 g/mol. The molecule has 3 nitrogen and oxygen atoms in total. The van der Waals surface area contributed by atoms with Crippen LogP contribution in [-0.4, -0.2) is 11.8 Å². The van der Waals surface area contributed by atoms with Crippen molar-refractivity contribution in [1.29, 1.82) is 5.26 Å². The molecule has 0 aromatic heterocycles. The molecule has 44 valence electrons. The van der Waals surface area contributed by atoms with Crippen molar-refractivity contribution in [2.24, 2.45) is 5.73 Å². The summed E-state index contributed by atoms with van der Waals surface area (Å²) in [5.74, 6) is -0.535. The molecule has 0 aliphatic heterocycles. The van der Waals surface area contributed by atoms with E-state index in [1.54, 1.807) is 6.92 Å². The quantitative estimate of drug-likeness (QED) is 0.504. The van der Waals surface area contributed by atoms with Crippen molar-refractivity contribution in [1.82, 2.24) is 0 Å². The molecule has 0 amide bonds. The van der Waals surface area contributed by atoms with Crippen LogP contribution in [0.15, 0.2) is 0 Å². The number of hydrogen-bond acceptors (Lipinski definition) is 3. The topological polar surface area (TPSA) is 66.9 Å². The summed E-state index contributed by atoms with van der Waals surface area (Å²) < 4.78 is 0. The van der Waals surface area contributed by atoms with E-state index in [1.807, 2.05) is 0 Å². The van der Waals surface area contributed by atoms with Crippen LogP contribution in [0, 0.1) is 11.3 Å². The molecule has 0 saturated carbocycles. The molecule has 0 radical (unpaired) electrons. The molecule has 8 heavy (non-hydrogen) atoms. The van der Waals surface area contributed by atoms with Crippen molar-refractivity contribution in [2.45, 2.75) is 19.4 Å². The van der Waals surface area contributed by atoms with E-state index < -0.39 is 11.8 Å². The molecular formula is C5H8N2O. The van der Waals surface area contributed by atoms with Gasteiger partial charge in [-0.1, -0.05) is 6.92 Å². The maximum absolute atomic E-state index is 10.3. The summed E-state index contributed by atoms with van der Waals surface area (Å²) in [6.45, 7) is 1.76. The van der Waals surface area contributed by atoms with Gasteiger partial charge in [-0.3, -0.25) is 4.79 Å². The largest absolute Gasteiger partial charge is 0.321 e. The Balaban J connectivity index is 3.68. The number of nitrogens with zero attached hydrogens (tertiary/aromatic N) is 1. The first-order valence-corrected chi connectivity index (χ1v) is 2.42. The molecule has 0 aliphatic rings. The van der Waals surface area contributed by atoms with Crippen LogP contribution in [0.4, 0.5) is 0 Å². The first kappa shape index (κ1) is 7.12. The Morgan fingerprint density at radius 3 is 2.62 bits per heavy atom. The number of carbonyl (C=O) groups excluding carboxylic acids is 1. The fourth-order valence-electron chi connectivity index (χ4n) is 0.268. The lowest BCUT2D eigenvalue weighted by Crippen LogP contribution is -2.27. The van der Waals surface area contributed by atoms with Crippen molar-refractivity contribution in [3.05, 3.63) is 0 Å². The minimum atomic E-state index is -0.583. The lowest BCUT2D eigenvalue weighted by molar-refractivity contribution is -0.115. The second kappa shape index (κ2) is 3.16. The van der Waals surface area contributed by atoms with Gasteiger partial charge >= 0.3 is 0 Å². The van der Waals surface area contributed by atoms with Crippen LogP contribution in [0.5, 0.6) is 0 Å². The third-order valence-corrected chi connectivity index (χ3v) is 0.887. The Hall–Kier alpha value is -0.880. The summed E-state index contributed by atoms with van der Waals surface area (Å²) in [7, 11) is 0. The maximum Gasteiger partial charge on any atom is 0.248 e. The van der Waals surface area contributed by atoms with E-state index in [2.05, 4.69) is 0 Å². The van der Waals surface area contributed by atoms with Crippen molar-refractivity contribution in [3.8, 4) is 6.07 Å². The second-order valence-corrected chi connectivity index (χ2v) is 1.49. The Morgan fingerprint density at radius 1 is 2.00 bits per heavy atom. The number of nitriles is 1.